The fourth-order valence-corrected chi connectivity index (χ4v) is 10.5. The summed E-state index contributed by atoms with van der Waals surface area (Å²) >= 11 is 1.71. The van der Waals surface area contributed by atoms with Crippen molar-refractivity contribution in [3.63, 3.8) is 0 Å². The number of benzene rings is 1. The van der Waals surface area contributed by atoms with Crippen LogP contribution in [0.25, 0.3) is 0 Å². The average Bonchev–Trinajstić information content (AvgIpc) is 3.68. The molecule has 3 aliphatic heterocycles. The number of hydrogen-bond donors (Lipinski definition) is 1. The van der Waals surface area contributed by atoms with Crippen molar-refractivity contribution in [2.24, 2.45) is 17.8 Å². The van der Waals surface area contributed by atoms with Crippen LogP contribution in [0.4, 0.5) is 0 Å². The van der Waals surface area contributed by atoms with Gasteiger partial charge in [-0.25, -0.2) is 0 Å². The summed E-state index contributed by atoms with van der Waals surface area (Å²) in [5.41, 5.74) is 1.03. The molecule has 3 heterocycles. The standard InChI is InChI=1S/C35H49N3O4S/c1-5-20-36(22-25-14-10-8-11-15-25)32(40)29-28-18-19-35(43-28)30(29)33(41)38(27(23-39)24(4)7-3)31(35)34(42)37(21-6-2)26-16-12-9-13-17-26/h5-6,8,10-11,14-15,24,26-31,39H,1-2,7,9,12-13,16-23H2,3-4H3/t24-,27-,28-,29+,30-,31?,35?/m0/s1. The normalized spacial score (nSPS) is 29.7. The Bertz CT molecular complexity index is 1190. The molecule has 7 atom stereocenters. The van der Waals surface area contributed by atoms with Gasteiger partial charge in [-0.05, 0) is 37.2 Å². The SMILES string of the molecule is C=CCN(Cc1ccccc1)C(=O)[C@@H]1[C@@H]2CCC3(S2)C(C(=O)N(CC=C)C2CCCCC2)N([C@@H](CO)[C@@H](C)CC)C(=O)[C@H]13. The highest BCUT2D eigenvalue weighted by atomic mass is 32.2. The maximum absolute atomic E-state index is 14.9. The first-order valence-electron chi connectivity index (χ1n) is 16.3. The summed E-state index contributed by atoms with van der Waals surface area (Å²) in [6, 6.07) is 8.85. The molecule has 2 unspecified atom stereocenters. The van der Waals surface area contributed by atoms with Crippen molar-refractivity contribution in [1.82, 2.24) is 14.7 Å². The van der Waals surface area contributed by atoms with Crippen LogP contribution in [0.5, 0.6) is 0 Å². The summed E-state index contributed by atoms with van der Waals surface area (Å²) in [5.74, 6) is -1.28. The fraction of sp³-hybridized carbons (Fsp3) is 0.629. The largest absolute Gasteiger partial charge is 0.394 e. The molecule has 4 aliphatic rings. The summed E-state index contributed by atoms with van der Waals surface area (Å²) in [6.45, 7) is 13.1. The Balaban J connectivity index is 1.55. The zero-order valence-corrected chi connectivity index (χ0v) is 26.7. The highest BCUT2D eigenvalue weighted by molar-refractivity contribution is 8.02. The lowest BCUT2D eigenvalue weighted by Crippen LogP contribution is -2.60. The molecule has 3 saturated heterocycles. The molecule has 0 aromatic heterocycles. The Morgan fingerprint density at radius 2 is 1.79 bits per heavy atom. The molecule has 1 aromatic rings. The summed E-state index contributed by atoms with van der Waals surface area (Å²) in [4.78, 5) is 49.6. The third-order valence-corrected chi connectivity index (χ3v) is 12.6. The Morgan fingerprint density at radius 3 is 2.42 bits per heavy atom. The van der Waals surface area contributed by atoms with Gasteiger partial charge in [0.2, 0.25) is 17.7 Å². The minimum Gasteiger partial charge on any atom is -0.394 e. The maximum atomic E-state index is 14.9. The second kappa shape index (κ2) is 13.6. The van der Waals surface area contributed by atoms with Gasteiger partial charge in [-0.2, -0.15) is 0 Å². The lowest BCUT2D eigenvalue weighted by atomic mass is 9.70. The molecule has 8 heteroatoms. The van der Waals surface area contributed by atoms with Gasteiger partial charge in [-0.3, -0.25) is 14.4 Å². The second-order valence-corrected chi connectivity index (χ2v) is 14.6. The number of aliphatic hydroxyl groups is 1. The lowest BCUT2D eigenvalue weighted by Gasteiger charge is -2.43. The number of hydrogen-bond acceptors (Lipinski definition) is 5. The van der Waals surface area contributed by atoms with Crippen LogP contribution in [0, 0.1) is 17.8 Å². The van der Waals surface area contributed by atoms with E-state index in [0.717, 1.165) is 50.5 Å². The van der Waals surface area contributed by atoms with E-state index in [4.69, 9.17) is 0 Å². The summed E-state index contributed by atoms with van der Waals surface area (Å²) in [6.07, 6.45) is 11.1. The Hall–Kier alpha value is -2.58. The van der Waals surface area contributed by atoms with Crippen molar-refractivity contribution in [3.8, 4) is 0 Å². The zero-order valence-electron chi connectivity index (χ0n) is 25.9. The first-order valence-corrected chi connectivity index (χ1v) is 17.2. The van der Waals surface area contributed by atoms with Gasteiger partial charge in [-0.1, -0.05) is 82.0 Å². The van der Waals surface area contributed by atoms with Crippen molar-refractivity contribution < 1.29 is 19.5 Å². The Labute approximate surface area is 261 Å². The number of likely N-dealkylation sites (tertiary alicyclic amines) is 1. The number of thioether (sulfide) groups is 1. The summed E-state index contributed by atoms with van der Waals surface area (Å²) in [7, 11) is 0. The molecule has 1 spiro atoms. The molecule has 1 aromatic carbocycles. The Morgan fingerprint density at radius 1 is 1.09 bits per heavy atom. The van der Waals surface area contributed by atoms with Gasteiger partial charge in [-0.15, -0.1) is 24.9 Å². The minimum atomic E-state index is -0.701. The molecule has 3 amide bonds. The second-order valence-electron chi connectivity index (χ2n) is 13.0. The summed E-state index contributed by atoms with van der Waals surface area (Å²) < 4.78 is -0.680. The molecule has 1 saturated carbocycles. The van der Waals surface area contributed by atoms with E-state index in [1.54, 1.807) is 28.8 Å². The van der Waals surface area contributed by atoms with E-state index >= 15 is 0 Å². The number of rotatable bonds is 13. The number of carbonyl (C=O) groups excluding carboxylic acids is 3. The first-order chi connectivity index (χ1) is 20.8. The van der Waals surface area contributed by atoms with Crippen LogP contribution in [-0.4, -0.2) is 85.3 Å². The van der Waals surface area contributed by atoms with Gasteiger partial charge >= 0.3 is 0 Å². The molecular weight excluding hydrogens is 558 g/mol. The van der Waals surface area contributed by atoms with Gasteiger partial charge in [0.05, 0.1) is 29.2 Å². The van der Waals surface area contributed by atoms with E-state index in [9.17, 15) is 19.5 Å². The highest BCUT2D eigenvalue weighted by Crippen LogP contribution is 2.67. The van der Waals surface area contributed by atoms with E-state index in [0.29, 0.717) is 19.6 Å². The van der Waals surface area contributed by atoms with Gasteiger partial charge in [0.15, 0.2) is 0 Å². The van der Waals surface area contributed by atoms with Crippen LogP contribution >= 0.6 is 11.8 Å². The van der Waals surface area contributed by atoms with Crippen LogP contribution in [-0.2, 0) is 20.9 Å². The zero-order chi connectivity index (χ0) is 30.7. The van der Waals surface area contributed by atoms with Crippen LogP contribution < -0.4 is 0 Å². The van der Waals surface area contributed by atoms with Crippen molar-refractivity contribution in [3.05, 3.63) is 61.2 Å². The molecule has 0 radical (unpaired) electrons. The number of aliphatic hydroxyl groups excluding tert-OH is 1. The third kappa shape index (κ3) is 5.70. The van der Waals surface area contributed by atoms with Crippen molar-refractivity contribution >= 4 is 29.5 Å². The van der Waals surface area contributed by atoms with Gasteiger partial charge in [0.1, 0.15) is 6.04 Å². The van der Waals surface area contributed by atoms with Crippen LogP contribution in [0.15, 0.2) is 55.6 Å². The molecule has 1 N–H and O–H groups in total. The van der Waals surface area contributed by atoms with Crippen molar-refractivity contribution in [2.45, 2.75) is 99.9 Å². The van der Waals surface area contributed by atoms with Crippen molar-refractivity contribution in [1.29, 1.82) is 0 Å². The number of fused-ring (bicyclic) bond motifs is 1. The van der Waals surface area contributed by atoms with E-state index in [2.05, 4.69) is 20.1 Å². The van der Waals surface area contributed by atoms with Gasteiger partial charge < -0.3 is 19.8 Å². The Kier molecular flexibility index (Phi) is 10.1. The van der Waals surface area contributed by atoms with Crippen LogP contribution in [0.1, 0.15) is 70.8 Å². The monoisotopic (exact) mass is 607 g/mol. The summed E-state index contributed by atoms with van der Waals surface area (Å²) in [5, 5.41) is 10.7. The van der Waals surface area contributed by atoms with E-state index < -0.39 is 28.7 Å². The fourth-order valence-electron chi connectivity index (χ4n) is 8.33. The van der Waals surface area contributed by atoms with E-state index in [1.165, 1.54) is 6.42 Å². The van der Waals surface area contributed by atoms with E-state index in [1.807, 2.05) is 47.1 Å². The van der Waals surface area contributed by atoms with Gasteiger partial charge in [0.25, 0.3) is 0 Å². The first kappa shape index (κ1) is 31.8. The number of amides is 3. The number of nitrogens with zero attached hydrogens (tertiary/aromatic N) is 3. The minimum absolute atomic E-state index is 0.00806. The smallest absolute Gasteiger partial charge is 0.247 e. The van der Waals surface area contributed by atoms with Crippen LogP contribution in [0.2, 0.25) is 0 Å². The maximum Gasteiger partial charge on any atom is 0.247 e. The third-order valence-electron chi connectivity index (χ3n) is 10.6. The molecular formula is C35H49N3O4S. The van der Waals surface area contributed by atoms with Crippen molar-refractivity contribution in [2.75, 3.05) is 19.7 Å². The predicted molar refractivity (Wildman–Crippen MR) is 172 cm³/mol. The molecule has 43 heavy (non-hydrogen) atoms. The lowest BCUT2D eigenvalue weighted by molar-refractivity contribution is -0.149. The molecule has 2 bridgehead atoms. The van der Waals surface area contributed by atoms with Gasteiger partial charge in [0, 0.05) is 30.9 Å². The average molecular weight is 608 g/mol. The molecule has 1 aliphatic carbocycles. The topological polar surface area (TPSA) is 81.2 Å². The quantitative estimate of drug-likeness (QED) is 0.318. The van der Waals surface area contributed by atoms with Crippen LogP contribution in [0.3, 0.4) is 0 Å². The predicted octanol–water partition coefficient (Wildman–Crippen LogP) is 5.05. The highest BCUT2D eigenvalue weighted by Gasteiger charge is 2.75. The molecule has 234 valence electrons. The molecule has 4 fully saturated rings. The number of carbonyl (C=O) groups is 3. The molecule has 7 nitrogen and oxygen atoms in total. The molecule has 5 rings (SSSR count). The van der Waals surface area contributed by atoms with E-state index in [-0.39, 0.29) is 41.5 Å².